The first kappa shape index (κ1) is 113. The highest BCUT2D eigenvalue weighted by molar-refractivity contribution is 7.09. The number of hydrogen-bond donors (Lipinski definition) is 24. The van der Waals surface area contributed by atoms with Crippen LogP contribution in [0.5, 0.6) is 0 Å². The number of furan rings is 1. The Kier molecular flexibility index (Phi) is 56.9. The first-order chi connectivity index (χ1) is 61.2. The molecule has 9 aromatic heterocycles. The summed E-state index contributed by atoms with van der Waals surface area (Å²) in [6.07, 6.45) is 3.19. The summed E-state index contributed by atoms with van der Waals surface area (Å²) in [5, 5.41) is 67.6. The summed E-state index contributed by atoms with van der Waals surface area (Å²) in [6.45, 7) is 5.44. The van der Waals surface area contributed by atoms with Gasteiger partial charge in [0.2, 0.25) is 35.8 Å². The molecule has 0 aliphatic heterocycles. The molecule has 0 aliphatic carbocycles. The molecule has 46 nitrogen and oxygen atoms in total. The number of nitrogens with two attached hydrogens (primary N) is 18. The average molecular weight is 1930 g/mol. The zero-order valence-corrected chi connectivity index (χ0v) is 80.4. The lowest BCUT2D eigenvalue weighted by Crippen LogP contribution is -2.45. The van der Waals surface area contributed by atoms with Crippen molar-refractivity contribution in [2.45, 2.75) is 58.9 Å². The van der Waals surface area contributed by atoms with Gasteiger partial charge in [-0.05, 0) is 185 Å². The van der Waals surface area contributed by atoms with E-state index >= 15 is 0 Å². The summed E-state index contributed by atoms with van der Waals surface area (Å²) >= 11 is 13.1. The summed E-state index contributed by atoms with van der Waals surface area (Å²) in [4.78, 5) is 65.7. The lowest BCUT2D eigenvalue weighted by atomic mass is 10.3. The van der Waals surface area contributed by atoms with Crippen LogP contribution in [0, 0.1) is 21.6 Å². The van der Waals surface area contributed by atoms with Crippen LogP contribution >= 0.6 is 90.7 Å². The Labute approximate surface area is 783 Å². The van der Waals surface area contributed by atoms with Gasteiger partial charge in [0.05, 0.1) is 38.7 Å². The van der Waals surface area contributed by atoms with E-state index in [2.05, 4.69) is 103 Å². The van der Waals surface area contributed by atoms with Gasteiger partial charge in [-0.3, -0.25) is 56.7 Å². The van der Waals surface area contributed by atoms with E-state index in [1.54, 1.807) is 188 Å². The molecule has 0 radical (unpaired) electrons. The van der Waals surface area contributed by atoms with Gasteiger partial charge >= 0.3 is 0 Å². The van der Waals surface area contributed by atoms with Gasteiger partial charge < -0.3 is 137 Å². The predicted octanol–water partition coefficient (Wildman–Crippen LogP) is 2.59. The molecule has 0 saturated heterocycles. The lowest BCUT2D eigenvalue weighted by Gasteiger charge is -2.26. The number of guanidine groups is 18. The van der Waals surface area contributed by atoms with Crippen LogP contribution in [0.4, 0.5) is 0 Å². The van der Waals surface area contributed by atoms with Gasteiger partial charge in [0.15, 0.2) is 71.5 Å². The van der Waals surface area contributed by atoms with Crippen molar-refractivity contribution in [2.75, 3.05) is 84.6 Å². The standard InChI is InChI=1S/C9H15N5O.3C9H15N5S.4C8H13N5S.C7H11N5S/c1-14(2)9(11)13-8(10)12-5-7-3-4-15-6-7;1-12-8(10)13-9(11)14(2)5-7-3-4-15-6-7;1-13(5-7-3-4-15-6-7)9(12)14(2)8(10)11;1-12-9(13-8(10)11)14(2)5-7-3-4-15-6-7;1-11-7(9)13-8(10)12-4-6-2-3-14-5-6;1-13(8(11)12-7(9)10)4-6-2-3-14-5-6;1-13(7(9)10)8(11)12-4-6-2-3-14-5-6;1-11-8(13-7(9)10)12-4-6-2-3-14-5-6;8-6(9)12-7(10)11-3-5-1-2-13-4-5/h2*3-4,6H,5H2,1-2H3,(H4,10,11,12,13);3-4,6,12H,5H2,1-2H3,(H3,10,11);3-4,6H,5H2,1-2H3,(H4,10,11,12,13);2-3,5H,4H2,1H3,(H5,9,10,11,12,13);2-3,5H,4H2,1H3,(H5,9,10,11,12);2-3,5H,4H2,1H3,(H3,9,10)(H2,11,12);2-3,5H,4H2,1H3,(H5,9,10,11,12,13);1-2,4H,3H2,(H6,8,9,10,11,12). The van der Waals surface area contributed by atoms with Crippen molar-refractivity contribution in [1.29, 1.82) is 21.6 Å². The zero-order valence-electron chi connectivity index (χ0n) is 73.9. The van der Waals surface area contributed by atoms with Gasteiger partial charge in [0.25, 0.3) is 0 Å². The predicted molar refractivity (Wildman–Crippen MR) is 547 cm³/mol. The molecule has 0 spiro atoms. The largest absolute Gasteiger partial charge is 0.472 e. The van der Waals surface area contributed by atoms with Crippen LogP contribution in [0.3, 0.4) is 0 Å². The van der Waals surface area contributed by atoms with Crippen LogP contribution in [0.25, 0.3) is 0 Å². The number of thiophene rings is 8. The molecule has 0 aliphatic rings. The molecule has 42 N–H and O–H groups in total. The third kappa shape index (κ3) is 54.1. The minimum atomic E-state index is -0.128. The van der Waals surface area contributed by atoms with E-state index in [0.29, 0.717) is 69.7 Å². The Morgan fingerprint density at radius 1 is 0.341 bits per heavy atom. The van der Waals surface area contributed by atoms with Crippen LogP contribution in [0.2, 0.25) is 0 Å². The second-order valence-corrected chi connectivity index (χ2v) is 31.8. The Morgan fingerprint density at radius 3 is 1.09 bits per heavy atom. The number of rotatable bonds is 18. The van der Waals surface area contributed by atoms with Gasteiger partial charge in [0, 0.05) is 123 Å². The number of hydrogen-bond acceptors (Lipinski definition) is 21. The van der Waals surface area contributed by atoms with Crippen LogP contribution < -0.4 is 114 Å². The summed E-state index contributed by atoms with van der Waals surface area (Å²) in [6, 6.07) is 17.9. The Balaban J connectivity index is 0.000000726. The zero-order chi connectivity index (χ0) is 96.8. The first-order valence-electron chi connectivity index (χ1n) is 37.3. The Bertz CT molecular complexity index is 5010. The number of nitrogens with zero attached hydrogens (tertiary/aromatic N) is 21. The number of aliphatic imine (C=N–C) groups is 14. The van der Waals surface area contributed by atoms with Crippen molar-refractivity contribution in [3.8, 4) is 0 Å². The second kappa shape index (κ2) is 65.2. The Morgan fingerprint density at radius 2 is 0.721 bits per heavy atom. The molecular weight excluding hydrogens is 1800 g/mol. The summed E-state index contributed by atoms with van der Waals surface area (Å²) in [7, 11) is 20.5. The maximum atomic E-state index is 7.77. The van der Waals surface area contributed by atoms with E-state index in [9.17, 15) is 0 Å². The van der Waals surface area contributed by atoms with Crippen molar-refractivity contribution in [3.63, 3.8) is 0 Å². The van der Waals surface area contributed by atoms with Crippen LogP contribution in [-0.2, 0) is 58.9 Å². The quantitative estimate of drug-likeness (QED) is 0.0433. The van der Waals surface area contributed by atoms with Crippen molar-refractivity contribution >= 4 is 198 Å². The monoisotopic (exact) mass is 1930 g/mol. The SMILES string of the molecule is CN(C(=N)N)C(N)=NCc1ccsc1.CN(C)C(N)=NC(N)=NCc1ccoc1.CN(Cc1ccsc1)C(=N)N(C)C(=N)N.CN(Cc1ccsc1)C(=N)N=C(N)N.CN=C(N)N=C(N)N(C)Cc1ccsc1.CN=C(N)NC(N)=NCc1ccsc1.CN=C(N=C(N)N)N(C)Cc1ccsc1.CN=C(N=C(N)N)NCc1ccsc1.NC(N)=NC(N)=NCc1ccsc1. The lowest BCUT2D eigenvalue weighted by molar-refractivity contribution is 0.441. The first-order valence-corrected chi connectivity index (χ1v) is 44.8. The maximum absolute atomic E-state index is 7.77. The molecule has 0 saturated carbocycles. The summed E-state index contributed by atoms with van der Waals surface area (Å²) in [5.74, 6) is 2.79. The van der Waals surface area contributed by atoms with E-state index in [1.165, 1.54) is 26.5 Å². The molecule has 54 heteroatoms. The van der Waals surface area contributed by atoms with Crippen molar-refractivity contribution in [3.05, 3.63) is 203 Å². The maximum Gasteiger partial charge on any atom is 0.223 e. The van der Waals surface area contributed by atoms with Gasteiger partial charge in [-0.1, -0.05) is 0 Å². The normalized spacial score (nSPS) is 11.4. The smallest absolute Gasteiger partial charge is 0.223 e. The molecular formula is C75H123N45OS8. The van der Waals surface area contributed by atoms with Gasteiger partial charge in [0.1, 0.15) is 0 Å². The van der Waals surface area contributed by atoms with Crippen molar-refractivity contribution < 1.29 is 4.42 Å². The Hall–Kier alpha value is -14.5. The highest BCUT2D eigenvalue weighted by Gasteiger charge is 2.14. The summed E-state index contributed by atoms with van der Waals surface area (Å²) in [5.41, 5.74) is 107. The highest BCUT2D eigenvalue weighted by Crippen LogP contribution is 2.15. The molecule has 0 amide bonds. The summed E-state index contributed by atoms with van der Waals surface area (Å²) < 4.78 is 4.89. The minimum Gasteiger partial charge on any atom is -0.472 e. The van der Waals surface area contributed by atoms with Crippen molar-refractivity contribution in [1.82, 2.24) is 44.9 Å². The third-order valence-corrected chi connectivity index (χ3v) is 20.7. The molecule has 129 heavy (non-hydrogen) atoms. The van der Waals surface area contributed by atoms with Gasteiger partial charge in [-0.2, -0.15) is 121 Å². The van der Waals surface area contributed by atoms with Crippen molar-refractivity contribution in [2.24, 2.45) is 173 Å². The molecule has 9 aromatic rings. The molecule has 9 heterocycles. The van der Waals surface area contributed by atoms with Gasteiger partial charge in [-0.25, -0.2) is 20.0 Å². The van der Waals surface area contributed by atoms with Crippen LogP contribution in [-0.4, -0.2) is 226 Å². The topological polar surface area (TPSA) is 797 Å². The van der Waals surface area contributed by atoms with Crippen LogP contribution in [0.1, 0.15) is 50.1 Å². The average Bonchev–Trinajstić information content (AvgIpc) is 1.88. The molecule has 0 unspecified atom stereocenters. The fourth-order valence-electron chi connectivity index (χ4n) is 8.14. The highest BCUT2D eigenvalue weighted by atomic mass is 32.1. The molecule has 0 aromatic carbocycles. The minimum absolute atomic E-state index is 0.00317. The fraction of sp³-hybridized carbons (Fsp3) is 0.280. The molecule has 9 rings (SSSR count). The fourth-order valence-corrected chi connectivity index (χ4v) is 13.4. The third-order valence-electron chi connectivity index (χ3n) is 14.9. The van der Waals surface area contributed by atoms with E-state index in [0.717, 1.165) is 46.5 Å². The van der Waals surface area contributed by atoms with E-state index in [1.807, 2.05) is 142 Å². The molecule has 702 valence electrons. The second-order valence-electron chi connectivity index (χ2n) is 25.6. The molecule has 0 bridgehead atoms. The van der Waals surface area contributed by atoms with E-state index in [-0.39, 0.29) is 83.4 Å². The molecule has 0 fully saturated rings. The molecule has 0 atom stereocenters. The number of nitrogens with one attached hydrogen (secondary N) is 6. The van der Waals surface area contributed by atoms with E-state index in [4.69, 9.17) is 129 Å². The van der Waals surface area contributed by atoms with E-state index < -0.39 is 0 Å². The van der Waals surface area contributed by atoms with Crippen LogP contribution in [0.15, 0.2) is 228 Å². The van der Waals surface area contributed by atoms with Gasteiger partial charge in [-0.15, -0.1) is 0 Å².